The van der Waals surface area contributed by atoms with E-state index < -0.39 is 6.10 Å². The molecule has 200 valence electrons. The average Bonchev–Trinajstić information content (AvgIpc) is 3.25. The van der Waals surface area contributed by atoms with Crippen LogP contribution in [0.2, 0.25) is 0 Å². The van der Waals surface area contributed by atoms with Crippen LogP contribution in [-0.2, 0) is 6.54 Å². The fourth-order valence-corrected chi connectivity index (χ4v) is 4.80. The molecular formula is C33H39FN2O2. The normalized spacial score (nSPS) is 11.6. The lowest BCUT2D eigenvalue weighted by Gasteiger charge is -2.19. The molecule has 2 N–H and O–H groups in total. The lowest BCUT2D eigenvalue weighted by Crippen LogP contribution is -2.17. The van der Waals surface area contributed by atoms with Gasteiger partial charge in [-0.1, -0.05) is 75.9 Å². The van der Waals surface area contributed by atoms with Gasteiger partial charge >= 0.3 is 0 Å². The van der Waals surface area contributed by atoms with Gasteiger partial charge in [0.1, 0.15) is 5.82 Å². The molecule has 1 amide bonds. The number of rotatable bonds is 10. The van der Waals surface area contributed by atoms with Crippen molar-refractivity contribution in [3.8, 4) is 22.4 Å². The number of halogens is 1. The van der Waals surface area contributed by atoms with Crippen molar-refractivity contribution in [2.24, 2.45) is 0 Å². The third-order valence-electron chi connectivity index (χ3n) is 6.41. The second-order valence-corrected chi connectivity index (χ2v) is 9.45. The SMILES string of the molecule is C.C=CCC(O)CCn1c(-c2ccc(F)cc2)c(-c2ccccc2)c(C(=O)Nc2ccccc2)c1C(C)C.[HH]. The molecule has 3 aromatic carbocycles. The van der Waals surface area contributed by atoms with Crippen LogP contribution in [0.5, 0.6) is 0 Å². The van der Waals surface area contributed by atoms with Crippen molar-refractivity contribution in [3.63, 3.8) is 0 Å². The number of carbonyl (C=O) groups excluding carboxylic acids is 1. The number of nitrogens with one attached hydrogen (secondary N) is 1. The summed E-state index contributed by atoms with van der Waals surface area (Å²) in [4.78, 5) is 14.0. The molecule has 38 heavy (non-hydrogen) atoms. The number of aliphatic hydroxyl groups excluding tert-OH is 1. The fraction of sp³-hybridized carbons (Fsp3) is 0.242. The highest BCUT2D eigenvalue weighted by Crippen LogP contribution is 2.42. The second kappa shape index (κ2) is 13.0. The molecule has 1 aromatic heterocycles. The number of para-hydroxylation sites is 1. The number of benzene rings is 3. The molecule has 0 fully saturated rings. The van der Waals surface area contributed by atoms with Gasteiger partial charge in [0, 0.05) is 24.9 Å². The smallest absolute Gasteiger partial charge is 0.258 e. The minimum absolute atomic E-state index is 0. The van der Waals surface area contributed by atoms with Gasteiger partial charge in [0.05, 0.1) is 17.4 Å². The van der Waals surface area contributed by atoms with Crippen LogP contribution >= 0.6 is 0 Å². The zero-order valence-corrected chi connectivity index (χ0v) is 21.3. The van der Waals surface area contributed by atoms with Crippen molar-refractivity contribution in [2.45, 2.75) is 52.7 Å². The van der Waals surface area contributed by atoms with Gasteiger partial charge in [-0.3, -0.25) is 4.79 Å². The van der Waals surface area contributed by atoms with E-state index in [1.165, 1.54) is 12.1 Å². The Morgan fingerprint density at radius 3 is 2.18 bits per heavy atom. The number of carbonyl (C=O) groups is 1. The summed E-state index contributed by atoms with van der Waals surface area (Å²) in [6.07, 6.45) is 2.13. The Labute approximate surface area is 227 Å². The number of anilines is 1. The molecule has 0 aliphatic heterocycles. The van der Waals surface area contributed by atoms with Crippen LogP contribution in [0, 0.1) is 5.82 Å². The largest absolute Gasteiger partial charge is 0.393 e. The fourth-order valence-electron chi connectivity index (χ4n) is 4.80. The van der Waals surface area contributed by atoms with Gasteiger partial charge in [-0.25, -0.2) is 4.39 Å². The maximum Gasteiger partial charge on any atom is 0.258 e. The highest BCUT2D eigenvalue weighted by atomic mass is 19.1. The number of aromatic nitrogens is 1. The maximum absolute atomic E-state index is 14.0. The molecule has 0 radical (unpaired) electrons. The zero-order chi connectivity index (χ0) is 26.4. The van der Waals surface area contributed by atoms with E-state index in [-0.39, 0.29) is 26.5 Å². The number of hydrogen-bond acceptors (Lipinski definition) is 2. The van der Waals surface area contributed by atoms with E-state index >= 15 is 0 Å². The first-order chi connectivity index (χ1) is 17.9. The van der Waals surface area contributed by atoms with Crippen LogP contribution in [0.4, 0.5) is 10.1 Å². The van der Waals surface area contributed by atoms with E-state index in [0.717, 1.165) is 28.1 Å². The summed E-state index contributed by atoms with van der Waals surface area (Å²) in [5.41, 5.74) is 5.49. The summed E-state index contributed by atoms with van der Waals surface area (Å²) in [5.74, 6) is -0.525. The molecule has 5 heteroatoms. The van der Waals surface area contributed by atoms with Crippen molar-refractivity contribution in [1.29, 1.82) is 0 Å². The number of nitrogens with zero attached hydrogens (tertiary/aromatic N) is 1. The molecule has 0 aliphatic carbocycles. The lowest BCUT2D eigenvalue weighted by atomic mass is 9.94. The van der Waals surface area contributed by atoms with Gasteiger partial charge in [-0.15, -0.1) is 6.58 Å². The van der Waals surface area contributed by atoms with Crippen molar-refractivity contribution in [3.05, 3.63) is 115 Å². The van der Waals surface area contributed by atoms with Crippen molar-refractivity contribution in [2.75, 3.05) is 5.32 Å². The molecule has 4 rings (SSSR count). The predicted molar refractivity (Wildman–Crippen MR) is 158 cm³/mol. The predicted octanol–water partition coefficient (Wildman–Crippen LogP) is 8.55. The highest BCUT2D eigenvalue weighted by molar-refractivity contribution is 6.12. The summed E-state index contributed by atoms with van der Waals surface area (Å²) < 4.78 is 16.1. The zero-order valence-electron chi connectivity index (χ0n) is 21.3. The lowest BCUT2D eigenvalue weighted by molar-refractivity contribution is 0.102. The molecular weight excluding hydrogens is 475 g/mol. The van der Waals surface area contributed by atoms with Gasteiger partial charge < -0.3 is 15.0 Å². The minimum atomic E-state index is -0.553. The van der Waals surface area contributed by atoms with E-state index in [2.05, 4.69) is 30.3 Å². The number of aliphatic hydroxyl groups is 1. The van der Waals surface area contributed by atoms with Crippen LogP contribution < -0.4 is 5.32 Å². The van der Waals surface area contributed by atoms with Crippen LogP contribution in [0.15, 0.2) is 97.6 Å². The third-order valence-corrected chi connectivity index (χ3v) is 6.41. The van der Waals surface area contributed by atoms with Crippen LogP contribution in [-0.4, -0.2) is 21.7 Å². The molecule has 4 aromatic rings. The van der Waals surface area contributed by atoms with Gasteiger partial charge in [-0.2, -0.15) is 0 Å². The molecule has 0 aliphatic rings. The Hall–Kier alpha value is -3.96. The minimum Gasteiger partial charge on any atom is -0.393 e. The van der Waals surface area contributed by atoms with E-state index in [1.54, 1.807) is 18.2 Å². The summed E-state index contributed by atoms with van der Waals surface area (Å²) in [6, 6.07) is 25.6. The molecule has 0 bridgehead atoms. The van der Waals surface area contributed by atoms with Gasteiger partial charge in [-0.05, 0) is 66.3 Å². The third kappa shape index (κ3) is 6.29. The first kappa shape index (κ1) is 28.6. The quantitative estimate of drug-likeness (QED) is 0.208. The summed E-state index contributed by atoms with van der Waals surface area (Å²) in [7, 11) is 0. The van der Waals surface area contributed by atoms with E-state index in [0.29, 0.717) is 30.6 Å². The first-order valence-electron chi connectivity index (χ1n) is 12.6. The van der Waals surface area contributed by atoms with Crippen LogP contribution in [0.1, 0.15) is 57.5 Å². The summed E-state index contributed by atoms with van der Waals surface area (Å²) in [5, 5.41) is 13.6. The van der Waals surface area contributed by atoms with Crippen molar-refractivity contribution < 1.29 is 15.7 Å². The average molecular weight is 515 g/mol. The number of amides is 1. The topological polar surface area (TPSA) is 54.3 Å². The Morgan fingerprint density at radius 1 is 1.00 bits per heavy atom. The Balaban J connectivity index is 0.00000267. The molecule has 1 heterocycles. The van der Waals surface area contributed by atoms with Gasteiger partial charge in [0.25, 0.3) is 5.91 Å². The van der Waals surface area contributed by atoms with Gasteiger partial charge in [0.15, 0.2) is 0 Å². The molecule has 1 unspecified atom stereocenters. The second-order valence-electron chi connectivity index (χ2n) is 9.45. The molecule has 0 saturated heterocycles. The van der Waals surface area contributed by atoms with Crippen molar-refractivity contribution >= 4 is 11.6 Å². The highest BCUT2D eigenvalue weighted by Gasteiger charge is 2.30. The Morgan fingerprint density at radius 2 is 1.61 bits per heavy atom. The molecule has 0 saturated carbocycles. The standard InChI is InChI=1S/C32H33FN2O2.CH4.H2/c1-4-11-27(36)20-21-35-30(22(2)3)29(32(37)34-26-14-9-6-10-15-26)28(23-12-7-5-8-13-23)31(35)24-16-18-25(33)19-17-24;;/h4-10,12-19,22,27,36H,1,11,20-21H2,2-3H3,(H,34,37);1H4;1H. The summed E-state index contributed by atoms with van der Waals surface area (Å²) in [6.45, 7) is 8.36. The molecule has 4 nitrogen and oxygen atoms in total. The Kier molecular flexibility index (Phi) is 9.80. The molecule has 0 spiro atoms. The van der Waals surface area contributed by atoms with E-state index in [4.69, 9.17) is 0 Å². The van der Waals surface area contributed by atoms with E-state index in [1.807, 2.05) is 60.7 Å². The van der Waals surface area contributed by atoms with E-state index in [9.17, 15) is 14.3 Å². The molecule has 1 atom stereocenters. The van der Waals surface area contributed by atoms with Gasteiger partial charge in [0.2, 0.25) is 0 Å². The monoisotopic (exact) mass is 514 g/mol. The summed E-state index contributed by atoms with van der Waals surface area (Å²) >= 11 is 0. The van der Waals surface area contributed by atoms with Crippen LogP contribution in [0.25, 0.3) is 22.4 Å². The Bertz CT molecular complexity index is 1350. The van der Waals surface area contributed by atoms with Crippen molar-refractivity contribution in [1.82, 2.24) is 4.57 Å². The number of hydrogen-bond donors (Lipinski definition) is 2. The maximum atomic E-state index is 14.0. The first-order valence-corrected chi connectivity index (χ1v) is 12.6. The van der Waals surface area contributed by atoms with Crippen LogP contribution in [0.3, 0.4) is 0 Å².